The van der Waals surface area contributed by atoms with Gasteiger partial charge in [-0.05, 0) is 13.3 Å². The molecule has 0 aromatic carbocycles. The highest BCUT2D eigenvalue weighted by Crippen LogP contribution is 1.96. The molecule has 0 heterocycles. The normalized spacial score (nSPS) is 18.0. The molecule has 0 aliphatic carbocycles. The molecule has 2 nitrogen and oxygen atoms in total. The van der Waals surface area contributed by atoms with Crippen LogP contribution < -0.4 is 5.73 Å². The third-order valence-corrected chi connectivity index (χ3v) is 1.45. The number of nitrogens with two attached hydrogens (primary N) is 1. The van der Waals surface area contributed by atoms with Crippen LogP contribution in [-0.4, -0.2) is 19.3 Å². The van der Waals surface area contributed by atoms with Gasteiger partial charge in [0.2, 0.25) is 0 Å². The van der Waals surface area contributed by atoms with Crippen LogP contribution in [0.2, 0.25) is 0 Å². The number of ether oxygens (including phenoxy) is 1. The molecule has 0 spiro atoms. The molecule has 0 radical (unpaired) electrons. The molecule has 0 saturated heterocycles. The zero-order valence-corrected chi connectivity index (χ0v) is 5.85. The summed E-state index contributed by atoms with van der Waals surface area (Å²) in [5.41, 5.74) is 5.60. The van der Waals surface area contributed by atoms with E-state index in [0.29, 0.717) is 0 Å². The van der Waals surface area contributed by atoms with E-state index in [9.17, 15) is 0 Å². The van der Waals surface area contributed by atoms with Crippen LogP contribution in [0.25, 0.3) is 0 Å². The Morgan fingerprint density at radius 3 is 2.25 bits per heavy atom. The Morgan fingerprint density at radius 2 is 2.12 bits per heavy atom. The molecule has 0 fully saturated rings. The lowest BCUT2D eigenvalue weighted by molar-refractivity contribution is 0.0944. The van der Waals surface area contributed by atoms with Gasteiger partial charge in [0.1, 0.15) is 0 Å². The second-order valence-corrected chi connectivity index (χ2v) is 2.01. The predicted octanol–water partition coefficient (Wildman–Crippen LogP) is 0.759. The maximum Gasteiger partial charge on any atom is 0.0693 e. The van der Waals surface area contributed by atoms with E-state index >= 15 is 0 Å². The minimum atomic E-state index is 0.194. The van der Waals surface area contributed by atoms with E-state index < -0.39 is 0 Å². The molecular formula is C6H15NO. The number of rotatable bonds is 3. The smallest absolute Gasteiger partial charge is 0.0693 e. The summed E-state index contributed by atoms with van der Waals surface area (Å²) in [7, 11) is 1.68. The van der Waals surface area contributed by atoms with E-state index in [1.54, 1.807) is 7.11 Å². The van der Waals surface area contributed by atoms with Gasteiger partial charge in [-0.3, -0.25) is 0 Å². The topological polar surface area (TPSA) is 35.2 Å². The Balaban J connectivity index is 3.29. The molecule has 0 bridgehead atoms. The van der Waals surface area contributed by atoms with Crippen molar-refractivity contribution in [3.63, 3.8) is 0 Å². The fourth-order valence-corrected chi connectivity index (χ4v) is 0.507. The van der Waals surface area contributed by atoms with Crippen LogP contribution in [0.3, 0.4) is 0 Å². The van der Waals surface area contributed by atoms with E-state index in [0.717, 1.165) is 6.42 Å². The van der Waals surface area contributed by atoms with E-state index in [-0.39, 0.29) is 12.1 Å². The van der Waals surface area contributed by atoms with Crippen molar-refractivity contribution in [2.75, 3.05) is 7.11 Å². The second kappa shape index (κ2) is 3.87. The molecule has 0 rings (SSSR count). The zero-order valence-electron chi connectivity index (χ0n) is 5.85. The van der Waals surface area contributed by atoms with Gasteiger partial charge in [-0.15, -0.1) is 0 Å². The molecule has 1 unspecified atom stereocenters. The van der Waals surface area contributed by atoms with E-state index in [1.165, 1.54) is 0 Å². The summed E-state index contributed by atoms with van der Waals surface area (Å²) in [4.78, 5) is 0. The van der Waals surface area contributed by atoms with Crippen molar-refractivity contribution < 1.29 is 4.74 Å². The van der Waals surface area contributed by atoms with Crippen molar-refractivity contribution in [1.29, 1.82) is 0 Å². The quantitative estimate of drug-likeness (QED) is 0.592. The first-order valence-corrected chi connectivity index (χ1v) is 3.00. The van der Waals surface area contributed by atoms with Crippen molar-refractivity contribution in [2.45, 2.75) is 32.4 Å². The molecule has 8 heavy (non-hydrogen) atoms. The predicted molar refractivity (Wildman–Crippen MR) is 34.7 cm³/mol. The van der Waals surface area contributed by atoms with Crippen LogP contribution in [-0.2, 0) is 4.74 Å². The van der Waals surface area contributed by atoms with Gasteiger partial charge in [-0.1, -0.05) is 6.92 Å². The highest BCUT2D eigenvalue weighted by atomic mass is 16.5. The number of hydrogen-bond acceptors (Lipinski definition) is 2. The Kier molecular flexibility index (Phi) is 3.83. The minimum Gasteiger partial charge on any atom is -0.380 e. The standard InChI is InChI=1S/C6H15NO/c1-4-6(7)5(2)8-3/h5-6H,4,7H2,1-3H3/t5-,6?/m0/s1. The Bertz CT molecular complexity index is 48.5. The molecular weight excluding hydrogens is 102 g/mol. The molecule has 2 N–H and O–H groups in total. The van der Waals surface area contributed by atoms with Crippen LogP contribution in [0.1, 0.15) is 20.3 Å². The van der Waals surface area contributed by atoms with Gasteiger partial charge in [0.25, 0.3) is 0 Å². The van der Waals surface area contributed by atoms with Crippen molar-refractivity contribution >= 4 is 0 Å². The summed E-state index contributed by atoms with van der Waals surface area (Å²) >= 11 is 0. The second-order valence-electron chi connectivity index (χ2n) is 2.01. The molecule has 0 aliphatic rings. The van der Waals surface area contributed by atoms with Crippen LogP contribution in [0.5, 0.6) is 0 Å². The lowest BCUT2D eigenvalue weighted by Gasteiger charge is -2.15. The third-order valence-electron chi connectivity index (χ3n) is 1.45. The van der Waals surface area contributed by atoms with E-state index in [4.69, 9.17) is 10.5 Å². The van der Waals surface area contributed by atoms with Crippen LogP contribution in [0.15, 0.2) is 0 Å². The first-order valence-electron chi connectivity index (χ1n) is 3.00. The van der Waals surface area contributed by atoms with Gasteiger partial charge in [-0.25, -0.2) is 0 Å². The van der Waals surface area contributed by atoms with Crippen molar-refractivity contribution in [3.05, 3.63) is 0 Å². The third kappa shape index (κ3) is 2.28. The number of methoxy groups -OCH3 is 1. The summed E-state index contributed by atoms with van der Waals surface area (Å²) in [5, 5.41) is 0. The van der Waals surface area contributed by atoms with Crippen molar-refractivity contribution in [1.82, 2.24) is 0 Å². The first kappa shape index (κ1) is 7.92. The first-order chi connectivity index (χ1) is 3.72. The Hall–Kier alpha value is -0.0800. The summed E-state index contributed by atoms with van der Waals surface area (Å²) in [5.74, 6) is 0. The lowest BCUT2D eigenvalue weighted by atomic mass is 10.1. The monoisotopic (exact) mass is 117 g/mol. The minimum absolute atomic E-state index is 0.194. The molecule has 0 amide bonds. The van der Waals surface area contributed by atoms with E-state index in [1.807, 2.05) is 6.92 Å². The molecule has 0 aromatic heterocycles. The van der Waals surface area contributed by atoms with Gasteiger partial charge in [0, 0.05) is 13.2 Å². The summed E-state index contributed by atoms with van der Waals surface area (Å²) in [6.07, 6.45) is 1.18. The van der Waals surface area contributed by atoms with Crippen molar-refractivity contribution in [2.24, 2.45) is 5.73 Å². The van der Waals surface area contributed by atoms with Crippen LogP contribution in [0, 0.1) is 0 Å². The van der Waals surface area contributed by atoms with Gasteiger partial charge >= 0.3 is 0 Å². The Labute approximate surface area is 51.0 Å². The molecule has 2 atom stereocenters. The van der Waals surface area contributed by atoms with Gasteiger partial charge in [-0.2, -0.15) is 0 Å². The SMILES string of the molecule is CCC(N)[C@H](C)OC. The molecule has 0 aromatic rings. The lowest BCUT2D eigenvalue weighted by Crippen LogP contribution is -2.32. The summed E-state index contributed by atoms with van der Waals surface area (Å²) < 4.78 is 4.98. The number of hydrogen-bond donors (Lipinski definition) is 1. The fourth-order valence-electron chi connectivity index (χ4n) is 0.507. The molecule has 50 valence electrons. The van der Waals surface area contributed by atoms with Gasteiger partial charge in [0.15, 0.2) is 0 Å². The van der Waals surface area contributed by atoms with E-state index in [2.05, 4.69) is 6.92 Å². The largest absolute Gasteiger partial charge is 0.380 e. The maximum atomic E-state index is 5.60. The molecule has 0 aliphatic heterocycles. The van der Waals surface area contributed by atoms with Crippen LogP contribution in [0.4, 0.5) is 0 Å². The van der Waals surface area contributed by atoms with Gasteiger partial charge in [0.05, 0.1) is 6.10 Å². The van der Waals surface area contributed by atoms with Gasteiger partial charge < -0.3 is 10.5 Å². The highest BCUT2D eigenvalue weighted by molar-refractivity contribution is 4.65. The maximum absolute atomic E-state index is 5.60. The molecule has 0 saturated carbocycles. The Morgan fingerprint density at radius 1 is 1.62 bits per heavy atom. The fraction of sp³-hybridized carbons (Fsp3) is 1.00. The zero-order chi connectivity index (χ0) is 6.57. The highest BCUT2D eigenvalue weighted by Gasteiger charge is 2.06. The van der Waals surface area contributed by atoms with Crippen molar-refractivity contribution in [3.8, 4) is 0 Å². The average Bonchev–Trinajstić information content (AvgIpc) is 1.84. The summed E-state index contributed by atoms with van der Waals surface area (Å²) in [6, 6.07) is 0.194. The summed E-state index contributed by atoms with van der Waals surface area (Å²) in [6.45, 7) is 4.04. The average molecular weight is 117 g/mol. The van der Waals surface area contributed by atoms with Crippen LogP contribution >= 0.6 is 0 Å². The molecule has 2 heteroatoms.